The number of hydrogen-bond donors (Lipinski definition) is 3. The van der Waals surface area contributed by atoms with Gasteiger partial charge in [-0.1, -0.05) is 57.2 Å². The largest absolute Gasteiger partial charge is 0.368 e. The third kappa shape index (κ3) is 4.37. The SMILES string of the molecule is CC(C)(C)c1ccccc1Nc1nncc(NCCc2c[nH]c3ccccc23)n1. The van der Waals surface area contributed by atoms with Crippen molar-refractivity contribution >= 4 is 28.4 Å². The molecule has 0 bridgehead atoms. The van der Waals surface area contributed by atoms with Gasteiger partial charge in [0.2, 0.25) is 5.95 Å². The Morgan fingerprint density at radius 3 is 2.66 bits per heavy atom. The summed E-state index contributed by atoms with van der Waals surface area (Å²) < 4.78 is 0. The molecule has 4 rings (SSSR count). The van der Waals surface area contributed by atoms with Gasteiger partial charge in [0.1, 0.15) is 0 Å². The van der Waals surface area contributed by atoms with E-state index in [0.717, 1.165) is 24.2 Å². The molecule has 2 aromatic heterocycles. The first-order valence-electron chi connectivity index (χ1n) is 9.86. The maximum atomic E-state index is 4.57. The summed E-state index contributed by atoms with van der Waals surface area (Å²) in [6.07, 6.45) is 4.61. The highest BCUT2D eigenvalue weighted by atomic mass is 15.3. The molecular weight excluding hydrogens is 360 g/mol. The molecule has 0 saturated carbocycles. The Kier molecular flexibility index (Phi) is 5.16. The van der Waals surface area contributed by atoms with Gasteiger partial charge in [-0.3, -0.25) is 0 Å². The average Bonchev–Trinajstić information content (AvgIpc) is 3.11. The van der Waals surface area contributed by atoms with Crippen LogP contribution in [-0.4, -0.2) is 26.7 Å². The van der Waals surface area contributed by atoms with E-state index in [1.54, 1.807) is 6.20 Å². The summed E-state index contributed by atoms with van der Waals surface area (Å²) in [6, 6.07) is 16.6. The van der Waals surface area contributed by atoms with Crippen molar-refractivity contribution in [1.29, 1.82) is 0 Å². The maximum Gasteiger partial charge on any atom is 0.249 e. The normalized spacial score (nSPS) is 11.6. The number of fused-ring (bicyclic) bond motifs is 1. The Morgan fingerprint density at radius 1 is 1.00 bits per heavy atom. The molecule has 0 aliphatic carbocycles. The molecule has 4 aromatic rings. The minimum absolute atomic E-state index is 0.0201. The van der Waals surface area contributed by atoms with Crippen LogP contribution in [0.4, 0.5) is 17.5 Å². The van der Waals surface area contributed by atoms with Crippen molar-refractivity contribution in [2.24, 2.45) is 0 Å². The van der Waals surface area contributed by atoms with Crippen LogP contribution in [0, 0.1) is 0 Å². The van der Waals surface area contributed by atoms with Crippen molar-refractivity contribution in [2.45, 2.75) is 32.6 Å². The Morgan fingerprint density at radius 2 is 1.79 bits per heavy atom. The van der Waals surface area contributed by atoms with Crippen LogP contribution >= 0.6 is 0 Å². The smallest absolute Gasteiger partial charge is 0.249 e. The third-order valence-corrected chi connectivity index (χ3v) is 4.92. The fourth-order valence-corrected chi connectivity index (χ4v) is 3.47. The molecule has 0 radical (unpaired) electrons. The van der Waals surface area contributed by atoms with Crippen LogP contribution in [0.1, 0.15) is 31.9 Å². The van der Waals surface area contributed by atoms with Gasteiger partial charge in [-0.25, -0.2) is 0 Å². The first-order valence-corrected chi connectivity index (χ1v) is 9.86. The molecular formula is C23H26N6. The second kappa shape index (κ2) is 7.91. The predicted octanol–water partition coefficient (Wildman–Crippen LogP) is 5.05. The van der Waals surface area contributed by atoms with E-state index in [1.807, 2.05) is 24.3 Å². The lowest BCUT2D eigenvalue weighted by Gasteiger charge is -2.22. The Bertz CT molecular complexity index is 1110. The molecule has 148 valence electrons. The van der Waals surface area contributed by atoms with Crippen LogP contribution in [0.15, 0.2) is 60.9 Å². The molecule has 0 saturated heterocycles. The quantitative estimate of drug-likeness (QED) is 0.432. The molecule has 0 spiro atoms. The summed E-state index contributed by atoms with van der Waals surface area (Å²) in [4.78, 5) is 7.88. The van der Waals surface area contributed by atoms with E-state index in [9.17, 15) is 0 Å². The first kappa shape index (κ1) is 18.9. The van der Waals surface area contributed by atoms with Crippen LogP contribution in [0.25, 0.3) is 10.9 Å². The van der Waals surface area contributed by atoms with Gasteiger partial charge in [0.05, 0.1) is 6.20 Å². The van der Waals surface area contributed by atoms with Crippen LogP contribution in [0.2, 0.25) is 0 Å². The number of aromatic amines is 1. The number of aromatic nitrogens is 4. The van der Waals surface area contributed by atoms with Crippen LogP contribution < -0.4 is 10.6 Å². The highest BCUT2D eigenvalue weighted by molar-refractivity contribution is 5.83. The van der Waals surface area contributed by atoms with Gasteiger partial charge in [-0.15, -0.1) is 5.10 Å². The van der Waals surface area contributed by atoms with Crippen LogP contribution in [-0.2, 0) is 11.8 Å². The number of H-pyrrole nitrogens is 1. The molecule has 0 unspecified atom stereocenters. The Hall–Kier alpha value is -3.41. The zero-order valence-electron chi connectivity index (χ0n) is 17.0. The van der Waals surface area contributed by atoms with Gasteiger partial charge in [0.25, 0.3) is 0 Å². The number of hydrogen-bond acceptors (Lipinski definition) is 5. The van der Waals surface area contributed by atoms with E-state index in [0.29, 0.717) is 11.8 Å². The van der Waals surface area contributed by atoms with Crippen molar-refractivity contribution in [3.8, 4) is 0 Å². The molecule has 0 atom stereocenters. The maximum absolute atomic E-state index is 4.57. The topological polar surface area (TPSA) is 78.5 Å². The number of anilines is 3. The number of benzene rings is 2. The van der Waals surface area contributed by atoms with Gasteiger partial charge in [0, 0.05) is 29.3 Å². The lowest BCUT2D eigenvalue weighted by molar-refractivity contribution is 0.592. The van der Waals surface area contributed by atoms with E-state index >= 15 is 0 Å². The minimum atomic E-state index is 0.0201. The van der Waals surface area contributed by atoms with Gasteiger partial charge in [-0.2, -0.15) is 10.1 Å². The van der Waals surface area contributed by atoms with Crippen molar-refractivity contribution < 1.29 is 0 Å². The zero-order valence-corrected chi connectivity index (χ0v) is 17.0. The summed E-state index contributed by atoms with van der Waals surface area (Å²) in [5.74, 6) is 1.19. The predicted molar refractivity (Wildman–Crippen MR) is 119 cm³/mol. The van der Waals surface area contributed by atoms with Crippen LogP contribution in [0.5, 0.6) is 0 Å². The zero-order chi connectivity index (χ0) is 20.3. The van der Waals surface area contributed by atoms with Crippen LogP contribution in [0.3, 0.4) is 0 Å². The number of para-hydroxylation sites is 2. The third-order valence-electron chi connectivity index (χ3n) is 4.92. The highest BCUT2D eigenvalue weighted by Gasteiger charge is 2.18. The molecule has 29 heavy (non-hydrogen) atoms. The minimum Gasteiger partial charge on any atom is -0.368 e. The molecule has 6 nitrogen and oxygen atoms in total. The fourth-order valence-electron chi connectivity index (χ4n) is 3.47. The van der Waals surface area contributed by atoms with E-state index < -0.39 is 0 Å². The standard InChI is InChI=1S/C23H26N6/c1-23(2,3)18-9-5-7-11-20(18)27-22-28-21(15-26-29-22)24-13-12-16-14-25-19-10-6-4-8-17(16)19/h4-11,14-15,25H,12-13H2,1-3H3,(H2,24,27,28,29). The molecule has 3 N–H and O–H groups in total. The van der Waals surface area contributed by atoms with Crippen molar-refractivity contribution in [1.82, 2.24) is 20.2 Å². The van der Waals surface area contributed by atoms with Gasteiger partial charge < -0.3 is 15.6 Å². The highest BCUT2D eigenvalue weighted by Crippen LogP contribution is 2.30. The Labute approximate surface area is 170 Å². The van der Waals surface area contributed by atoms with Gasteiger partial charge in [-0.05, 0) is 35.1 Å². The first-order chi connectivity index (χ1) is 14.0. The van der Waals surface area contributed by atoms with Gasteiger partial charge >= 0.3 is 0 Å². The molecule has 2 aromatic carbocycles. The van der Waals surface area contributed by atoms with E-state index in [-0.39, 0.29) is 5.41 Å². The fraction of sp³-hybridized carbons (Fsp3) is 0.261. The summed E-state index contributed by atoms with van der Waals surface area (Å²) >= 11 is 0. The van der Waals surface area contributed by atoms with E-state index in [2.05, 4.69) is 82.0 Å². The second-order valence-corrected chi connectivity index (χ2v) is 8.12. The van der Waals surface area contributed by atoms with Crippen molar-refractivity contribution in [3.63, 3.8) is 0 Å². The van der Waals surface area contributed by atoms with Gasteiger partial charge in [0.15, 0.2) is 5.82 Å². The van der Waals surface area contributed by atoms with E-state index in [4.69, 9.17) is 0 Å². The second-order valence-electron chi connectivity index (χ2n) is 8.12. The van der Waals surface area contributed by atoms with E-state index in [1.165, 1.54) is 16.5 Å². The summed E-state index contributed by atoms with van der Waals surface area (Å²) in [6.45, 7) is 7.33. The molecule has 0 amide bonds. The lowest BCUT2D eigenvalue weighted by Crippen LogP contribution is -2.14. The molecule has 6 heteroatoms. The summed E-state index contributed by atoms with van der Waals surface area (Å²) in [5.41, 5.74) is 4.67. The lowest BCUT2D eigenvalue weighted by atomic mass is 9.86. The average molecular weight is 387 g/mol. The Balaban J connectivity index is 1.43. The van der Waals surface area contributed by atoms with Crippen molar-refractivity contribution in [3.05, 3.63) is 72.1 Å². The molecule has 0 fully saturated rings. The number of nitrogens with one attached hydrogen (secondary N) is 3. The molecule has 0 aliphatic rings. The molecule has 0 aliphatic heterocycles. The summed E-state index contributed by atoms with van der Waals surface area (Å²) in [7, 11) is 0. The molecule has 2 heterocycles. The number of nitrogens with zero attached hydrogens (tertiary/aromatic N) is 3. The summed E-state index contributed by atoms with van der Waals surface area (Å²) in [5, 5.41) is 16.2. The van der Waals surface area contributed by atoms with Crippen molar-refractivity contribution in [2.75, 3.05) is 17.2 Å². The monoisotopic (exact) mass is 386 g/mol. The number of rotatable bonds is 6.